The highest BCUT2D eigenvalue weighted by Gasteiger charge is 2.21. The fourth-order valence-corrected chi connectivity index (χ4v) is 2.03. The molecule has 1 aromatic rings. The average Bonchev–Trinajstić information content (AvgIpc) is 2.28. The van der Waals surface area contributed by atoms with Gasteiger partial charge in [-0.3, -0.25) is 4.79 Å². The van der Waals surface area contributed by atoms with E-state index in [1.807, 2.05) is 18.2 Å². The molecule has 0 aliphatic carbocycles. The smallest absolute Gasteiger partial charge is 0.239 e. The Kier molecular flexibility index (Phi) is 5.62. The van der Waals surface area contributed by atoms with Crippen molar-refractivity contribution in [1.29, 1.82) is 0 Å². The van der Waals surface area contributed by atoms with E-state index >= 15 is 0 Å². The molecule has 5 heteroatoms. The first-order chi connectivity index (χ1) is 8.45. The predicted molar refractivity (Wildman–Crippen MR) is 75.5 cm³/mol. The maximum Gasteiger partial charge on any atom is 0.239 e. The highest BCUT2D eigenvalue weighted by Crippen LogP contribution is 2.28. The normalized spacial score (nSPS) is 12.5. The standard InChI is InChI=1S/C13H19BrN2O2/c1-8(2)7-16-12(13(15)17)10-6-9(14)4-5-11(10)18-3/h4-6,8,12,16H,7H2,1-3H3,(H2,15,17). The van der Waals surface area contributed by atoms with Crippen molar-refractivity contribution in [3.8, 4) is 5.75 Å². The van der Waals surface area contributed by atoms with Gasteiger partial charge in [-0.25, -0.2) is 0 Å². The topological polar surface area (TPSA) is 64.3 Å². The summed E-state index contributed by atoms with van der Waals surface area (Å²) in [5.41, 5.74) is 6.21. The van der Waals surface area contributed by atoms with Crippen LogP contribution in [0.3, 0.4) is 0 Å². The summed E-state index contributed by atoms with van der Waals surface area (Å²) in [6, 6.07) is 4.98. The first kappa shape index (κ1) is 15.0. The third-order valence-corrected chi connectivity index (χ3v) is 3.01. The zero-order valence-corrected chi connectivity index (χ0v) is 12.5. The van der Waals surface area contributed by atoms with Crippen molar-refractivity contribution in [2.75, 3.05) is 13.7 Å². The summed E-state index contributed by atoms with van der Waals surface area (Å²) in [5, 5.41) is 3.16. The fraction of sp³-hybridized carbons (Fsp3) is 0.462. The van der Waals surface area contributed by atoms with Crippen LogP contribution < -0.4 is 15.8 Å². The molecule has 4 nitrogen and oxygen atoms in total. The van der Waals surface area contributed by atoms with Crippen molar-refractivity contribution < 1.29 is 9.53 Å². The van der Waals surface area contributed by atoms with Crippen molar-refractivity contribution in [2.45, 2.75) is 19.9 Å². The number of methoxy groups -OCH3 is 1. The molecule has 0 fully saturated rings. The van der Waals surface area contributed by atoms with Crippen LogP contribution in [0.4, 0.5) is 0 Å². The molecule has 1 atom stereocenters. The van der Waals surface area contributed by atoms with Crippen LogP contribution in [0.25, 0.3) is 0 Å². The SMILES string of the molecule is COc1ccc(Br)cc1C(NCC(C)C)C(N)=O. The first-order valence-electron chi connectivity index (χ1n) is 5.81. The molecule has 18 heavy (non-hydrogen) atoms. The summed E-state index contributed by atoms with van der Waals surface area (Å²) in [5.74, 6) is 0.676. The second-order valence-corrected chi connectivity index (χ2v) is 5.44. The number of nitrogens with two attached hydrogens (primary N) is 1. The highest BCUT2D eigenvalue weighted by atomic mass is 79.9. The van der Waals surface area contributed by atoms with Gasteiger partial charge < -0.3 is 15.8 Å². The van der Waals surface area contributed by atoms with Crippen LogP contribution in [-0.4, -0.2) is 19.6 Å². The largest absolute Gasteiger partial charge is 0.496 e. The molecule has 0 aromatic heterocycles. The van der Waals surface area contributed by atoms with E-state index in [4.69, 9.17) is 10.5 Å². The van der Waals surface area contributed by atoms with Crippen LogP contribution in [0.2, 0.25) is 0 Å². The van der Waals surface area contributed by atoms with Gasteiger partial charge in [0, 0.05) is 10.0 Å². The monoisotopic (exact) mass is 314 g/mol. The number of amides is 1. The predicted octanol–water partition coefficient (Wildman–Crippen LogP) is 2.23. The van der Waals surface area contributed by atoms with Crippen molar-refractivity contribution >= 4 is 21.8 Å². The number of benzene rings is 1. The Morgan fingerprint density at radius 2 is 2.17 bits per heavy atom. The van der Waals surface area contributed by atoms with Crippen molar-refractivity contribution in [2.24, 2.45) is 11.7 Å². The lowest BCUT2D eigenvalue weighted by Gasteiger charge is -2.20. The third kappa shape index (κ3) is 3.99. The maximum absolute atomic E-state index is 11.6. The van der Waals surface area contributed by atoms with E-state index in [2.05, 4.69) is 35.1 Å². The van der Waals surface area contributed by atoms with E-state index in [0.717, 1.165) is 10.0 Å². The molecule has 1 aromatic carbocycles. The molecule has 0 aliphatic rings. The second-order valence-electron chi connectivity index (χ2n) is 4.52. The van der Waals surface area contributed by atoms with Gasteiger partial charge in [-0.15, -0.1) is 0 Å². The van der Waals surface area contributed by atoms with Crippen LogP contribution in [0.5, 0.6) is 5.75 Å². The number of nitrogens with one attached hydrogen (secondary N) is 1. The molecule has 0 heterocycles. The molecule has 0 bridgehead atoms. The molecule has 1 rings (SSSR count). The Bertz CT molecular complexity index is 421. The van der Waals surface area contributed by atoms with Crippen molar-refractivity contribution in [3.05, 3.63) is 28.2 Å². The number of carbonyl (C=O) groups excluding carboxylic acids is 1. The third-order valence-electron chi connectivity index (χ3n) is 2.52. The molecule has 0 saturated heterocycles. The lowest BCUT2D eigenvalue weighted by Crippen LogP contribution is -2.35. The van der Waals surface area contributed by atoms with E-state index in [9.17, 15) is 4.79 Å². The van der Waals surface area contributed by atoms with Crippen LogP contribution in [0.1, 0.15) is 25.5 Å². The van der Waals surface area contributed by atoms with Gasteiger partial charge in [-0.2, -0.15) is 0 Å². The Hall–Kier alpha value is -1.07. The van der Waals surface area contributed by atoms with E-state index in [0.29, 0.717) is 18.2 Å². The lowest BCUT2D eigenvalue weighted by molar-refractivity contribution is -0.120. The molecule has 1 unspecified atom stereocenters. The summed E-state index contributed by atoms with van der Waals surface area (Å²) in [6.45, 7) is 4.86. The minimum atomic E-state index is -0.542. The number of hydrogen-bond donors (Lipinski definition) is 2. The summed E-state index contributed by atoms with van der Waals surface area (Å²) in [4.78, 5) is 11.6. The van der Waals surface area contributed by atoms with Crippen molar-refractivity contribution in [1.82, 2.24) is 5.32 Å². The minimum absolute atomic E-state index is 0.410. The van der Waals surface area contributed by atoms with Gasteiger partial charge in [-0.1, -0.05) is 29.8 Å². The van der Waals surface area contributed by atoms with Gasteiger partial charge in [0.1, 0.15) is 11.8 Å². The number of hydrogen-bond acceptors (Lipinski definition) is 3. The summed E-state index contributed by atoms with van der Waals surface area (Å²) < 4.78 is 6.15. The van der Waals surface area contributed by atoms with E-state index < -0.39 is 11.9 Å². The van der Waals surface area contributed by atoms with Gasteiger partial charge in [0.25, 0.3) is 0 Å². The number of rotatable bonds is 6. The van der Waals surface area contributed by atoms with Crippen LogP contribution in [-0.2, 0) is 4.79 Å². The molecular formula is C13H19BrN2O2. The van der Waals surface area contributed by atoms with Gasteiger partial charge in [0.05, 0.1) is 7.11 Å². The molecule has 0 saturated carbocycles. The Morgan fingerprint density at radius 1 is 1.50 bits per heavy atom. The summed E-state index contributed by atoms with van der Waals surface area (Å²) >= 11 is 3.39. The highest BCUT2D eigenvalue weighted by molar-refractivity contribution is 9.10. The molecule has 0 aliphatic heterocycles. The van der Waals surface area contributed by atoms with Crippen LogP contribution >= 0.6 is 15.9 Å². The van der Waals surface area contributed by atoms with E-state index in [1.165, 1.54) is 0 Å². The zero-order valence-electron chi connectivity index (χ0n) is 10.9. The van der Waals surface area contributed by atoms with Gasteiger partial charge in [-0.05, 0) is 30.7 Å². The average molecular weight is 315 g/mol. The molecular weight excluding hydrogens is 296 g/mol. The lowest BCUT2D eigenvalue weighted by atomic mass is 10.0. The Morgan fingerprint density at radius 3 is 2.67 bits per heavy atom. The van der Waals surface area contributed by atoms with Gasteiger partial charge >= 0.3 is 0 Å². The molecule has 0 spiro atoms. The van der Waals surface area contributed by atoms with Gasteiger partial charge in [0.2, 0.25) is 5.91 Å². The Balaban J connectivity index is 3.04. The van der Waals surface area contributed by atoms with E-state index in [1.54, 1.807) is 7.11 Å². The summed E-state index contributed by atoms with van der Waals surface area (Å²) in [7, 11) is 1.58. The van der Waals surface area contributed by atoms with Crippen LogP contribution in [0, 0.1) is 5.92 Å². The summed E-state index contributed by atoms with van der Waals surface area (Å²) in [6.07, 6.45) is 0. The molecule has 0 radical (unpaired) electrons. The Labute approximate surface area is 116 Å². The van der Waals surface area contributed by atoms with Crippen LogP contribution in [0.15, 0.2) is 22.7 Å². The molecule has 3 N–H and O–H groups in total. The fourth-order valence-electron chi connectivity index (χ4n) is 1.65. The van der Waals surface area contributed by atoms with Gasteiger partial charge in [0.15, 0.2) is 0 Å². The van der Waals surface area contributed by atoms with Crippen molar-refractivity contribution in [3.63, 3.8) is 0 Å². The first-order valence-corrected chi connectivity index (χ1v) is 6.61. The second kappa shape index (κ2) is 6.75. The maximum atomic E-state index is 11.6. The number of carbonyl (C=O) groups is 1. The molecule has 100 valence electrons. The zero-order chi connectivity index (χ0) is 13.7. The molecule has 1 amide bonds. The number of halogens is 1. The van der Waals surface area contributed by atoms with E-state index in [-0.39, 0.29) is 0 Å². The minimum Gasteiger partial charge on any atom is -0.496 e. The number of ether oxygens (including phenoxy) is 1. The quantitative estimate of drug-likeness (QED) is 0.846. The number of primary amides is 1.